The Balaban J connectivity index is 0.00000324. The van der Waals surface area contributed by atoms with Crippen LogP contribution in [0.4, 0.5) is 17.6 Å². The van der Waals surface area contributed by atoms with Gasteiger partial charge in [0.1, 0.15) is 5.82 Å². The van der Waals surface area contributed by atoms with Crippen LogP contribution in [0.3, 0.4) is 0 Å². The summed E-state index contributed by atoms with van der Waals surface area (Å²) >= 11 is 5.53. The van der Waals surface area contributed by atoms with Gasteiger partial charge < -0.3 is 5.73 Å². The van der Waals surface area contributed by atoms with Gasteiger partial charge in [-0.2, -0.15) is 13.2 Å². The Kier molecular flexibility index (Phi) is 5.69. The first kappa shape index (κ1) is 18.5. The van der Waals surface area contributed by atoms with Crippen LogP contribution in [0.25, 0.3) is 0 Å². The summed E-state index contributed by atoms with van der Waals surface area (Å²) in [5.74, 6) is -1.10. The third-order valence-corrected chi connectivity index (χ3v) is 2.97. The molecule has 0 saturated heterocycles. The molecule has 1 aromatic rings. The van der Waals surface area contributed by atoms with E-state index in [1.165, 1.54) is 0 Å². The normalized spacial score (nSPS) is 13.9. The van der Waals surface area contributed by atoms with Crippen molar-refractivity contribution in [1.82, 2.24) is 0 Å². The van der Waals surface area contributed by atoms with Crippen LogP contribution in [-0.2, 0) is 6.18 Å². The molecular formula is C12H15Cl2F4N. The Bertz CT molecular complexity index is 452. The lowest BCUT2D eigenvalue weighted by Gasteiger charge is -2.30. The summed E-state index contributed by atoms with van der Waals surface area (Å²) in [5, 5.41) is -0.363. The van der Waals surface area contributed by atoms with Crippen LogP contribution in [0.15, 0.2) is 12.1 Å². The number of hydrogen-bond donors (Lipinski definition) is 1. The van der Waals surface area contributed by atoms with Gasteiger partial charge in [-0.25, -0.2) is 4.39 Å². The summed E-state index contributed by atoms with van der Waals surface area (Å²) < 4.78 is 52.4. The molecule has 0 unspecified atom stereocenters. The highest BCUT2D eigenvalue weighted by Crippen LogP contribution is 2.42. The van der Waals surface area contributed by atoms with Gasteiger partial charge >= 0.3 is 6.18 Å². The van der Waals surface area contributed by atoms with E-state index >= 15 is 0 Å². The van der Waals surface area contributed by atoms with Gasteiger partial charge in [0, 0.05) is 11.6 Å². The van der Waals surface area contributed by atoms with E-state index in [-0.39, 0.29) is 17.4 Å². The largest absolute Gasteiger partial charge is 0.416 e. The summed E-state index contributed by atoms with van der Waals surface area (Å²) in [5.41, 5.74) is 3.37. The third-order valence-electron chi connectivity index (χ3n) is 2.68. The van der Waals surface area contributed by atoms with Crippen LogP contribution in [0.2, 0.25) is 5.02 Å². The highest BCUT2D eigenvalue weighted by Gasteiger charge is 2.39. The second-order valence-corrected chi connectivity index (χ2v) is 5.57. The summed E-state index contributed by atoms with van der Waals surface area (Å²) in [4.78, 5) is 0. The van der Waals surface area contributed by atoms with E-state index in [1.807, 2.05) is 0 Å². The average molecular weight is 320 g/mol. The highest BCUT2D eigenvalue weighted by atomic mass is 35.5. The molecule has 1 aromatic carbocycles. The van der Waals surface area contributed by atoms with Crippen LogP contribution in [0.5, 0.6) is 0 Å². The first-order valence-electron chi connectivity index (χ1n) is 5.27. The molecule has 0 heterocycles. The molecule has 19 heavy (non-hydrogen) atoms. The van der Waals surface area contributed by atoms with E-state index in [4.69, 9.17) is 17.3 Å². The maximum absolute atomic E-state index is 13.9. The molecule has 1 rings (SSSR count). The summed E-state index contributed by atoms with van der Waals surface area (Å²) in [7, 11) is 0. The lowest BCUT2D eigenvalue weighted by atomic mass is 9.81. The molecular weight excluding hydrogens is 305 g/mol. The fraction of sp³-hybridized carbons (Fsp3) is 0.500. The standard InChI is InChI=1S/C12H14ClF4N.ClH/c1-11(2,3)10(18)8-6(12(15,16)17)4-5-7(13)9(8)14;/h4-5,10H,18H2,1-3H3;1H/t10-;/m0./s1. The van der Waals surface area contributed by atoms with Crippen LogP contribution in [-0.4, -0.2) is 0 Å². The molecule has 0 amide bonds. The molecule has 0 radical (unpaired) electrons. The van der Waals surface area contributed by atoms with E-state index in [0.717, 1.165) is 12.1 Å². The van der Waals surface area contributed by atoms with Crippen molar-refractivity contribution in [1.29, 1.82) is 0 Å². The first-order valence-corrected chi connectivity index (χ1v) is 5.64. The van der Waals surface area contributed by atoms with Gasteiger partial charge in [-0.15, -0.1) is 12.4 Å². The van der Waals surface area contributed by atoms with Crippen molar-refractivity contribution in [2.24, 2.45) is 11.1 Å². The highest BCUT2D eigenvalue weighted by molar-refractivity contribution is 6.30. The van der Waals surface area contributed by atoms with Crippen molar-refractivity contribution in [3.05, 3.63) is 34.1 Å². The van der Waals surface area contributed by atoms with Crippen LogP contribution in [0.1, 0.15) is 37.9 Å². The van der Waals surface area contributed by atoms with Crippen molar-refractivity contribution in [2.75, 3.05) is 0 Å². The zero-order valence-corrected chi connectivity index (χ0v) is 12.2. The first-order chi connectivity index (χ1) is 7.96. The van der Waals surface area contributed by atoms with Gasteiger partial charge in [-0.1, -0.05) is 32.4 Å². The number of benzene rings is 1. The predicted octanol–water partition coefficient (Wildman–Crippen LogP) is 4.97. The van der Waals surface area contributed by atoms with Gasteiger partial charge in [-0.3, -0.25) is 0 Å². The van der Waals surface area contributed by atoms with Crippen molar-refractivity contribution < 1.29 is 17.6 Å². The van der Waals surface area contributed by atoms with E-state index in [1.54, 1.807) is 20.8 Å². The number of rotatable bonds is 1. The monoisotopic (exact) mass is 319 g/mol. The number of hydrogen-bond acceptors (Lipinski definition) is 1. The SMILES string of the molecule is CC(C)(C)[C@@H](N)c1c(C(F)(F)F)ccc(Cl)c1F.Cl. The smallest absolute Gasteiger partial charge is 0.323 e. The molecule has 0 bridgehead atoms. The maximum Gasteiger partial charge on any atom is 0.416 e. The minimum atomic E-state index is -4.66. The van der Waals surface area contributed by atoms with Gasteiger partial charge in [0.15, 0.2) is 0 Å². The quantitative estimate of drug-likeness (QED) is 0.727. The van der Waals surface area contributed by atoms with E-state index in [9.17, 15) is 17.6 Å². The number of nitrogens with two attached hydrogens (primary N) is 1. The molecule has 1 nitrogen and oxygen atoms in total. The Morgan fingerprint density at radius 1 is 1.16 bits per heavy atom. The van der Waals surface area contributed by atoms with Crippen LogP contribution >= 0.6 is 24.0 Å². The van der Waals surface area contributed by atoms with Gasteiger partial charge in [0.25, 0.3) is 0 Å². The molecule has 110 valence electrons. The molecule has 0 aliphatic rings. The minimum absolute atomic E-state index is 0. The summed E-state index contributed by atoms with van der Waals surface area (Å²) in [6.45, 7) is 4.91. The molecule has 1 atom stereocenters. The lowest BCUT2D eigenvalue weighted by molar-refractivity contribution is -0.138. The Morgan fingerprint density at radius 2 is 1.63 bits per heavy atom. The molecule has 2 N–H and O–H groups in total. The van der Waals surface area contributed by atoms with Crippen molar-refractivity contribution in [3.63, 3.8) is 0 Å². The molecule has 0 aliphatic carbocycles. The van der Waals surface area contributed by atoms with E-state index in [2.05, 4.69) is 0 Å². The van der Waals surface area contributed by atoms with Crippen molar-refractivity contribution in [3.8, 4) is 0 Å². The topological polar surface area (TPSA) is 26.0 Å². The summed E-state index contributed by atoms with van der Waals surface area (Å²) in [6, 6.07) is 0.540. The second kappa shape index (κ2) is 5.85. The van der Waals surface area contributed by atoms with Gasteiger partial charge in [-0.05, 0) is 17.5 Å². The maximum atomic E-state index is 13.9. The summed E-state index contributed by atoms with van der Waals surface area (Å²) in [6.07, 6.45) is -4.66. The molecule has 0 saturated carbocycles. The predicted molar refractivity (Wildman–Crippen MR) is 70.0 cm³/mol. The van der Waals surface area contributed by atoms with Gasteiger partial charge in [0.2, 0.25) is 0 Å². The Morgan fingerprint density at radius 3 is 2.00 bits per heavy atom. The zero-order valence-electron chi connectivity index (χ0n) is 10.6. The van der Waals surface area contributed by atoms with Crippen LogP contribution in [0, 0.1) is 11.2 Å². The Labute approximate surface area is 120 Å². The fourth-order valence-corrected chi connectivity index (χ4v) is 1.72. The zero-order chi connectivity index (χ0) is 14.3. The third kappa shape index (κ3) is 3.97. The lowest BCUT2D eigenvalue weighted by Crippen LogP contribution is -2.30. The number of halogens is 6. The van der Waals surface area contributed by atoms with Gasteiger partial charge in [0.05, 0.1) is 10.6 Å². The molecule has 0 aromatic heterocycles. The molecule has 7 heteroatoms. The van der Waals surface area contributed by atoms with E-state index in [0.29, 0.717) is 0 Å². The van der Waals surface area contributed by atoms with Crippen molar-refractivity contribution >= 4 is 24.0 Å². The molecule has 0 fully saturated rings. The average Bonchev–Trinajstić information content (AvgIpc) is 2.17. The molecule has 0 spiro atoms. The molecule has 0 aliphatic heterocycles. The second-order valence-electron chi connectivity index (χ2n) is 5.16. The van der Waals surface area contributed by atoms with E-state index < -0.39 is 34.6 Å². The minimum Gasteiger partial charge on any atom is -0.323 e. The Hall–Kier alpha value is -0.520. The van der Waals surface area contributed by atoms with Crippen molar-refractivity contribution in [2.45, 2.75) is 33.0 Å². The number of alkyl halides is 3. The fourth-order valence-electron chi connectivity index (χ4n) is 1.55. The van der Waals surface area contributed by atoms with Crippen LogP contribution < -0.4 is 5.73 Å².